The predicted octanol–water partition coefficient (Wildman–Crippen LogP) is 1.53. The number of ether oxygens (including phenoxy) is 1. The van der Waals surface area contributed by atoms with Crippen LogP contribution < -0.4 is 5.32 Å². The summed E-state index contributed by atoms with van der Waals surface area (Å²) in [4.78, 5) is 10.8. The zero-order valence-electron chi connectivity index (χ0n) is 6.93. The van der Waals surface area contributed by atoms with Gasteiger partial charge in [0.25, 0.3) is 0 Å². The van der Waals surface area contributed by atoms with Crippen molar-refractivity contribution >= 4 is 6.09 Å². The van der Waals surface area contributed by atoms with Crippen molar-refractivity contribution in [3.05, 3.63) is 0 Å². The molecule has 0 aromatic heterocycles. The quantitative estimate of drug-likeness (QED) is 0.672. The normalized spacial score (nSPS) is 16.1. The van der Waals surface area contributed by atoms with E-state index < -0.39 is 0 Å². The Morgan fingerprint density at radius 2 is 2.36 bits per heavy atom. The Hall–Kier alpha value is -0.730. The fourth-order valence-electron chi connectivity index (χ4n) is 0.756. The second-order valence-electron chi connectivity index (χ2n) is 2.97. The van der Waals surface area contributed by atoms with Crippen LogP contribution in [0.15, 0.2) is 0 Å². The fourth-order valence-corrected chi connectivity index (χ4v) is 0.756. The van der Waals surface area contributed by atoms with Gasteiger partial charge in [-0.3, -0.25) is 0 Å². The maximum Gasteiger partial charge on any atom is 0.407 e. The van der Waals surface area contributed by atoms with Gasteiger partial charge in [0.15, 0.2) is 0 Å². The highest BCUT2D eigenvalue weighted by molar-refractivity contribution is 5.67. The van der Waals surface area contributed by atoms with Crippen LogP contribution in [0.25, 0.3) is 0 Å². The Kier molecular flexibility index (Phi) is 3.20. The number of rotatable bonds is 4. The van der Waals surface area contributed by atoms with E-state index in [9.17, 15) is 4.79 Å². The Labute approximate surface area is 67.1 Å². The van der Waals surface area contributed by atoms with E-state index in [-0.39, 0.29) is 6.09 Å². The van der Waals surface area contributed by atoms with Gasteiger partial charge in [-0.1, -0.05) is 6.92 Å². The number of alkyl carbamates (subject to hydrolysis) is 1. The van der Waals surface area contributed by atoms with Crippen LogP contribution in [0, 0.1) is 5.92 Å². The van der Waals surface area contributed by atoms with Crippen LogP contribution in [-0.4, -0.2) is 19.2 Å². The van der Waals surface area contributed by atoms with E-state index in [0.29, 0.717) is 19.1 Å². The number of carbonyl (C=O) groups is 1. The monoisotopic (exact) mass is 157 g/mol. The molecule has 0 aromatic rings. The smallest absolute Gasteiger partial charge is 0.407 e. The van der Waals surface area contributed by atoms with Gasteiger partial charge >= 0.3 is 6.09 Å². The van der Waals surface area contributed by atoms with E-state index in [0.717, 1.165) is 6.42 Å². The molecular formula is C8H15NO2. The summed E-state index contributed by atoms with van der Waals surface area (Å²) in [7, 11) is 0. The number of hydrogen-bond acceptors (Lipinski definition) is 2. The van der Waals surface area contributed by atoms with Crippen molar-refractivity contribution in [3.63, 3.8) is 0 Å². The Bertz CT molecular complexity index is 132. The van der Waals surface area contributed by atoms with Gasteiger partial charge in [-0.15, -0.1) is 0 Å². The molecule has 0 spiro atoms. The van der Waals surface area contributed by atoms with Gasteiger partial charge in [-0.25, -0.2) is 4.79 Å². The van der Waals surface area contributed by atoms with E-state index in [1.807, 2.05) is 6.92 Å². The zero-order chi connectivity index (χ0) is 8.10. The van der Waals surface area contributed by atoms with Crippen molar-refractivity contribution in [2.75, 3.05) is 13.2 Å². The lowest BCUT2D eigenvalue weighted by molar-refractivity contribution is 0.141. The van der Waals surface area contributed by atoms with E-state index in [4.69, 9.17) is 4.74 Å². The average Bonchev–Trinajstić information content (AvgIpc) is 2.80. The fraction of sp³-hybridized carbons (Fsp3) is 0.875. The molecule has 1 fully saturated rings. The van der Waals surface area contributed by atoms with Crippen molar-refractivity contribution in [1.82, 2.24) is 5.32 Å². The van der Waals surface area contributed by atoms with E-state index in [1.165, 1.54) is 12.8 Å². The molecule has 0 saturated heterocycles. The number of nitrogens with one attached hydrogen (secondary N) is 1. The third-order valence-corrected chi connectivity index (χ3v) is 1.67. The lowest BCUT2D eigenvalue weighted by Gasteiger charge is -2.03. The standard InChI is InChI=1S/C8H15NO2/c1-2-5-9-8(10)11-6-7-3-4-7/h7H,2-6H2,1H3,(H,9,10). The first-order chi connectivity index (χ1) is 5.33. The van der Waals surface area contributed by atoms with Gasteiger partial charge in [0, 0.05) is 6.54 Å². The summed E-state index contributed by atoms with van der Waals surface area (Å²) < 4.78 is 4.92. The van der Waals surface area contributed by atoms with Crippen molar-refractivity contribution < 1.29 is 9.53 Å². The van der Waals surface area contributed by atoms with Crippen molar-refractivity contribution in [3.8, 4) is 0 Å². The summed E-state index contributed by atoms with van der Waals surface area (Å²) in [6.07, 6.45) is 3.14. The Balaban J connectivity index is 1.91. The van der Waals surface area contributed by atoms with Crippen molar-refractivity contribution in [2.24, 2.45) is 5.92 Å². The average molecular weight is 157 g/mol. The molecule has 1 aliphatic rings. The molecule has 0 bridgehead atoms. The highest BCUT2D eigenvalue weighted by Gasteiger charge is 2.22. The number of hydrogen-bond donors (Lipinski definition) is 1. The third kappa shape index (κ3) is 3.86. The second kappa shape index (κ2) is 4.21. The lowest BCUT2D eigenvalue weighted by Crippen LogP contribution is -2.25. The van der Waals surface area contributed by atoms with E-state index >= 15 is 0 Å². The molecule has 0 heterocycles. The first-order valence-corrected chi connectivity index (χ1v) is 4.23. The summed E-state index contributed by atoms with van der Waals surface area (Å²) in [5.41, 5.74) is 0. The van der Waals surface area contributed by atoms with Crippen LogP contribution in [0.1, 0.15) is 26.2 Å². The van der Waals surface area contributed by atoms with Crippen LogP contribution in [0.2, 0.25) is 0 Å². The summed E-state index contributed by atoms with van der Waals surface area (Å²) >= 11 is 0. The molecule has 0 radical (unpaired) electrons. The maximum absolute atomic E-state index is 10.8. The largest absolute Gasteiger partial charge is 0.449 e. The van der Waals surface area contributed by atoms with Crippen molar-refractivity contribution in [2.45, 2.75) is 26.2 Å². The first-order valence-electron chi connectivity index (χ1n) is 4.23. The van der Waals surface area contributed by atoms with Crippen LogP contribution in [-0.2, 0) is 4.74 Å². The molecule has 1 rings (SSSR count). The molecule has 1 aliphatic carbocycles. The van der Waals surface area contributed by atoms with Crippen LogP contribution in [0.5, 0.6) is 0 Å². The summed E-state index contributed by atoms with van der Waals surface area (Å²) in [5, 5.41) is 2.65. The minimum atomic E-state index is -0.265. The molecular weight excluding hydrogens is 142 g/mol. The molecule has 0 aromatic carbocycles. The van der Waals surface area contributed by atoms with Gasteiger partial charge in [0.05, 0.1) is 6.61 Å². The third-order valence-electron chi connectivity index (χ3n) is 1.67. The Morgan fingerprint density at radius 3 is 2.91 bits per heavy atom. The summed E-state index contributed by atoms with van der Waals surface area (Å²) in [6, 6.07) is 0. The van der Waals surface area contributed by atoms with Gasteiger partial charge < -0.3 is 10.1 Å². The second-order valence-corrected chi connectivity index (χ2v) is 2.97. The van der Waals surface area contributed by atoms with Crippen LogP contribution in [0.3, 0.4) is 0 Å². The molecule has 1 saturated carbocycles. The zero-order valence-corrected chi connectivity index (χ0v) is 6.93. The van der Waals surface area contributed by atoms with E-state index in [2.05, 4.69) is 5.32 Å². The highest BCUT2D eigenvalue weighted by Crippen LogP contribution is 2.28. The van der Waals surface area contributed by atoms with Crippen molar-refractivity contribution in [1.29, 1.82) is 0 Å². The molecule has 1 amide bonds. The number of amides is 1. The molecule has 0 atom stereocenters. The van der Waals surface area contributed by atoms with Gasteiger partial charge in [-0.2, -0.15) is 0 Å². The molecule has 64 valence electrons. The summed E-state index contributed by atoms with van der Waals surface area (Å²) in [5.74, 6) is 0.655. The molecule has 1 N–H and O–H groups in total. The SMILES string of the molecule is CCCNC(=O)OCC1CC1. The molecule has 0 unspecified atom stereocenters. The Morgan fingerprint density at radius 1 is 1.64 bits per heavy atom. The minimum Gasteiger partial charge on any atom is -0.449 e. The van der Waals surface area contributed by atoms with Gasteiger partial charge in [0.2, 0.25) is 0 Å². The first kappa shape index (κ1) is 8.37. The van der Waals surface area contributed by atoms with Crippen LogP contribution >= 0.6 is 0 Å². The van der Waals surface area contributed by atoms with Gasteiger partial charge in [0.1, 0.15) is 0 Å². The molecule has 3 nitrogen and oxygen atoms in total. The molecule has 0 aliphatic heterocycles. The predicted molar refractivity (Wildman–Crippen MR) is 42.4 cm³/mol. The van der Waals surface area contributed by atoms with Gasteiger partial charge in [-0.05, 0) is 25.2 Å². The van der Waals surface area contributed by atoms with Crippen LogP contribution in [0.4, 0.5) is 4.79 Å². The summed E-state index contributed by atoms with van der Waals surface area (Å²) in [6.45, 7) is 3.33. The maximum atomic E-state index is 10.8. The van der Waals surface area contributed by atoms with E-state index in [1.54, 1.807) is 0 Å². The molecule has 3 heteroatoms. The minimum absolute atomic E-state index is 0.265. The lowest BCUT2D eigenvalue weighted by atomic mass is 10.5. The molecule has 11 heavy (non-hydrogen) atoms. The topological polar surface area (TPSA) is 38.3 Å². The highest BCUT2D eigenvalue weighted by atomic mass is 16.5. The number of carbonyl (C=O) groups excluding carboxylic acids is 1.